The molecule has 0 saturated carbocycles. The Hall–Kier alpha value is -2.31. The summed E-state index contributed by atoms with van der Waals surface area (Å²) in [5.41, 5.74) is -1.29. The van der Waals surface area contributed by atoms with E-state index in [0.717, 1.165) is 25.3 Å². The zero-order chi connectivity index (χ0) is 16.9. The molecule has 0 atom stereocenters. The van der Waals surface area contributed by atoms with Gasteiger partial charge in [0.05, 0.1) is 7.11 Å². The number of hydrogen-bond donors (Lipinski definition) is 0. The average molecular weight is 313 g/mol. The Labute approximate surface area is 126 Å². The van der Waals surface area contributed by atoms with E-state index in [-0.39, 0.29) is 11.3 Å². The molecule has 0 heterocycles. The summed E-state index contributed by atoms with van der Waals surface area (Å²) in [6.07, 6.45) is -1.40. The fraction of sp³-hybridized carbons (Fsp3) is 0.400. The molecule has 0 fully saturated rings. The number of benzene rings is 1. The zero-order valence-corrected chi connectivity index (χ0v) is 12.8. The van der Waals surface area contributed by atoms with Gasteiger partial charge in [-0.2, -0.15) is 4.99 Å². The van der Waals surface area contributed by atoms with E-state index < -0.39 is 35.7 Å². The highest BCUT2D eigenvalue weighted by Gasteiger charge is 2.21. The van der Waals surface area contributed by atoms with Crippen LogP contribution < -0.4 is 0 Å². The van der Waals surface area contributed by atoms with Crippen molar-refractivity contribution in [2.24, 2.45) is 4.99 Å². The van der Waals surface area contributed by atoms with E-state index in [1.165, 1.54) is 0 Å². The Morgan fingerprint density at radius 2 is 1.86 bits per heavy atom. The van der Waals surface area contributed by atoms with Gasteiger partial charge in [0.25, 0.3) is 0 Å². The number of rotatable bonds is 3. The molecule has 5 nitrogen and oxygen atoms in total. The molecule has 0 N–H and O–H groups in total. The highest BCUT2D eigenvalue weighted by Crippen LogP contribution is 2.13. The molecule has 1 aromatic rings. The van der Waals surface area contributed by atoms with Crippen molar-refractivity contribution in [3.8, 4) is 0 Å². The molecule has 1 aromatic carbocycles. The van der Waals surface area contributed by atoms with Gasteiger partial charge < -0.3 is 9.47 Å². The van der Waals surface area contributed by atoms with Crippen molar-refractivity contribution < 1.29 is 27.8 Å². The molecule has 0 aliphatic heterocycles. The van der Waals surface area contributed by atoms with Crippen LogP contribution >= 0.6 is 0 Å². The minimum Gasteiger partial charge on any atom is -0.465 e. The Bertz CT molecular complexity index is 606. The molecule has 0 spiro atoms. The van der Waals surface area contributed by atoms with Gasteiger partial charge in [-0.05, 0) is 44.5 Å². The number of halogens is 2. The summed E-state index contributed by atoms with van der Waals surface area (Å²) in [6, 6.07) is 2.79. The molecule has 120 valence electrons. The number of esters is 1. The van der Waals surface area contributed by atoms with Crippen LogP contribution in [0.15, 0.2) is 23.2 Å². The first-order chi connectivity index (χ1) is 10.1. The normalized spacial score (nSPS) is 12.0. The van der Waals surface area contributed by atoms with Crippen LogP contribution in [0.1, 0.15) is 26.3 Å². The minimum atomic E-state index is -1.01. The van der Waals surface area contributed by atoms with E-state index in [0.29, 0.717) is 0 Å². The molecule has 22 heavy (non-hydrogen) atoms. The highest BCUT2D eigenvalue weighted by molar-refractivity contribution is 6.38. The summed E-state index contributed by atoms with van der Waals surface area (Å²) < 4.78 is 36.2. The van der Waals surface area contributed by atoms with Gasteiger partial charge in [-0.1, -0.05) is 0 Å². The summed E-state index contributed by atoms with van der Waals surface area (Å²) in [7, 11) is 1.09. The number of aliphatic imine (C=N–C) groups is 1. The van der Waals surface area contributed by atoms with Crippen molar-refractivity contribution in [3.05, 3.63) is 35.4 Å². The van der Waals surface area contributed by atoms with Crippen LogP contribution in [-0.4, -0.2) is 30.5 Å². The smallest absolute Gasteiger partial charge is 0.434 e. The van der Waals surface area contributed by atoms with Crippen LogP contribution in [-0.2, 0) is 20.7 Å². The second-order valence-corrected chi connectivity index (χ2v) is 5.44. The van der Waals surface area contributed by atoms with Crippen molar-refractivity contribution in [1.82, 2.24) is 0 Å². The van der Waals surface area contributed by atoms with Crippen molar-refractivity contribution in [2.75, 3.05) is 7.11 Å². The number of ether oxygens (including phenoxy) is 2. The number of methoxy groups -OCH3 is 1. The van der Waals surface area contributed by atoms with Gasteiger partial charge in [0.2, 0.25) is 0 Å². The molecule has 0 radical (unpaired) electrons. The largest absolute Gasteiger partial charge is 0.465 e. The fourth-order valence-electron chi connectivity index (χ4n) is 1.53. The molecule has 0 aliphatic rings. The maximum absolute atomic E-state index is 13.6. The Morgan fingerprint density at radius 3 is 2.41 bits per heavy atom. The van der Waals surface area contributed by atoms with Crippen LogP contribution in [0.5, 0.6) is 0 Å². The van der Waals surface area contributed by atoms with Gasteiger partial charge in [0, 0.05) is 6.42 Å². The predicted molar refractivity (Wildman–Crippen MR) is 75.7 cm³/mol. The molecule has 0 unspecified atom stereocenters. The molecule has 1 rings (SSSR count). The van der Waals surface area contributed by atoms with Gasteiger partial charge in [-0.15, -0.1) is 0 Å². The van der Waals surface area contributed by atoms with E-state index in [1.807, 2.05) is 0 Å². The van der Waals surface area contributed by atoms with E-state index in [2.05, 4.69) is 9.73 Å². The first kappa shape index (κ1) is 17.7. The van der Waals surface area contributed by atoms with E-state index >= 15 is 0 Å². The third-order valence-electron chi connectivity index (χ3n) is 2.41. The Balaban J connectivity index is 3.06. The van der Waals surface area contributed by atoms with E-state index in [9.17, 15) is 18.4 Å². The Morgan fingerprint density at radius 1 is 1.23 bits per heavy atom. The number of hydrogen-bond acceptors (Lipinski definition) is 4. The van der Waals surface area contributed by atoms with Crippen LogP contribution in [0.3, 0.4) is 0 Å². The van der Waals surface area contributed by atoms with Crippen LogP contribution in [0.2, 0.25) is 0 Å². The lowest BCUT2D eigenvalue weighted by atomic mass is 10.1. The highest BCUT2D eigenvalue weighted by atomic mass is 19.1. The third-order valence-corrected chi connectivity index (χ3v) is 2.41. The quantitative estimate of drug-likeness (QED) is 0.635. The summed E-state index contributed by atoms with van der Waals surface area (Å²) in [6.45, 7) is 4.89. The maximum atomic E-state index is 13.6. The minimum absolute atomic E-state index is 0.118. The van der Waals surface area contributed by atoms with Crippen molar-refractivity contribution in [1.29, 1.82) is 0 Å². The van der Waals surface area contributed by atoms with Crippen molar-refractivity contribution >= 4 is 17.8 Å². The Kier molecular flexibility index (Phi) is 5.73. The summed E-state index contributed by atoms with van der Waals surface area (Å²) in [4.78, 5) is 26.8. The standard InChI is InChI=1S/C15H17F2NO4/c1-15(2,3)22-14(20)18-12(13(19)21-4)8-9-7-10(16)5-6-11(9)17/h5-7H,8H2,1-4H3. The number of amides is 1. The van der Waals surface area contributed by atoms with E-state index in [4.69, 9.17) is 4.74 Å². The van der Waals surface area contributed by atoms with Gasteiger partial charge in [0.1, 0.15) is 22.9 Å². The van der Waals surface area contributed by atoms with Crippen LogP contribution in [0.4, 0.5) is 13.6 Å². The molecule has 7 heteroatoms. The van der Waals surface area contributed by atoms with Crippen molar-refractivity contribution in [3.63, 3.8) is 0 Å². The second kappa shape index (κ2) is 7.11. The molecule has 0 saturated heterocycles. The van der Waals surface area contributed by atoms with Gasteiger partial charge in [-0.25, -0.2) is 18.4 Å². The predicted octanol–water partition coefficient (Wildman–Crippen LogP) is 3.06. The molecule has 1 amide bonds. The first-order valence-corrected chi connectivity index (χ1v) is 6.45. The lowest BCUT2D eigenvalue weighted by Gasteiger charge is -2.17. The van der Waals surface area contributed by atoms with Gasteiger partial charge >= 0.3 is 12.1 Å². The molecule has 0 aliphatic carbocycles. The zero-order valence-electron chi connectivity index (χ0n) is 12.8. The van der Waals surface area contributed by atoms with E-state index in [1.54, 1.807) is 20.8 Å². The number of carbonyl (C=O) groups is 2. The fourth-order valence-corrected chi connectivity index (χ4v) is 1.53. The molecular weight excluding hydrogens is 296 g/mol. The SMILES string of the molecule is COC(=O)C(Cc1cc(F)ccc1F)=NC(=O)OC(C)(C)C. The topological polar surface area (TPSA) is 65.0 Å². The van der Waals surface area contributed by atoms with Crippen molar-refractivity contribution in [2.45, 2.75) is 32.8 Å². The monoisotopic (exact) mass is 313 g/mol. The summed E-state index contributed by atoms with van der Waals surface area (Å²) >= 11 is 0. The van der Waals surface area contributed by atoms with Crippen LogP contribution in [0.25, 0.3) is 0 Å². The van der Waals surface area contributed by atoms with Gasteiger partial charge in [-0.3, -0.25) is 0 Å². The number of carbonyl (C=O) groups excluding carboxylic acids is 2. The lowest BCUT2D eigenvalue weighted by Crippen LogP contribution is -2.25. The third kappa shape index (κ3) is 5.59. The molecule has 0 bridgehead atoms. The number of nitrogens with zero attached hydrogens (tertiary/aromatic N) is 1. The van der Waals surface area contributed by atoms with Gasteiger partial charge in [0.15, 0.2) is 0 Å². The molecule has 0 aromatic heterocycles. The summed E-state index contributed by atoms with van der Waals surface area (Å²) in [5.74, 6) is -2.31. The lowest BCUT2D eigenvalue weighted by molar-refractivity contribution is -0.132. The second-order valence-electron chi connectivity index (χ2n) is 5.44. The summed E-state index contributed by atoms with van der Waals surface area (Å²) in [5, 5.41) is 0. The maximum Gasteiger partial charge on any atom is 0.434 e. The molecular formula is C15H17F2NO4. The first-order valence-electron chi connectivity index (χ1n) is 6.45. The van der Waals surface area contributed by atoms with Crippen LogP contribution in [0, 0.1) is 11.6 Å². The average Bonchev–Trinajstić information content (AvgIpc) is 2.39.